The molecule has 2 aromatic rings. The number of hydrogen-bond acceptors (Lipinski definition) is 1. The lowest BCUT2D eigenvalue weighted by atomic mass is 9.78. The molecule has 1 nitrogen and oxygen atoms in total. The number of benzene rings is 2. The highest BCUT2D eigenvalue weighted by Gasteiger charge is 2.39. The SMILES string of the molecule is CCCN(CCc1ccccc1)C(C)CCc1ccc(C2CC(Cl)C2Cl)cc1. The molecule has 0 aliphatic heterocycles. The third-order valence-corrected chi connectivity index (χ3v) is 7.32. The molecule has 0 amide bonds. The summed E-state index contributed by atoms with van der Waals surface area (Å²) >= 11 is 12.5. The number of rotatable bonds is 10. The van der Waals surface area contributed by atoms with E-state index in [1.165, 1.54) is 36.1 Å². The fourth-order valence-corrected chi connectivity index (χ4v) is 4.84. The quantitative estimate of drug-likeness (QED) is 0.390. The zero-order valence-corrected chi connectivity index (χ0v) is 18.7. The molecule has 1 saturated carbocycles. The van der Waals surface area contributed by atoms with Crippen LogP contribution >= 0.6 is 23.2 Å². The van der Waals surface area contributed by atoms with Crippen molar-refractivity contribution in [3.05, 3.63) is 71.3 Å². The molecular weight excluding hydrogens is 385 g/mol. The van der Waals surface area contributed by atoms with Gasteiger partial charge in [-0.25, -0.2) is 0 Å². The van der Waals surface area contributed by atoms with Crippen molar-refractivity contribution in [2.75, 3.05) is 13.1 Å². The van der Waals surface area contributed by atoms with Crippen LogP contribution in [0.5, 0.6) is 0 Å². The van der Waals surface area contributed by atoms with E-state index < -0.39 is 0 Å². The van der Waals surface area contributed by atoms with Crippen molar-refractivity contribution in [2.45, 2.75) is 68.7 Å². The van der Waals surface area contributed by atoms with Crippen LogP contribution in [0.4, 0.5) is 0 Å². The summed E-state index contributed by atoms with van der Waals surface area (Å²) in [5.74, 6) is 0.426. The zero-order valence-electron chi connectivity index (χ0n) is 17.2. The Morgan fingerprint density at radius 2 is 1.61 bits per heavy atom. The molecule has 3 rings (SSSR count). The van der Waals surface area contributed by atoms with Crippen LogP contribution in [0.2, 0.25) is 0 Å². The first-order chi connectivity index (χ1) is 13.6. The second-order valence-corrected chi connectivity index (χ2v) is 9.27. The highest BCUT2D eigenvalue weighted by atomic mass is 35.5. The van der Waals surface area contributed by atoms with Gasteiger partial charge in [-0.15, -0.1) is 23.2 Å². The maximum absolute atomic E-state index is 6.34. The third kappa shape index (κ3) is 5.75. The molecule has 4 unspecified atom stereocenters. The van der Waals surface area contributed by atoms with E-state index in [4.69, 9.17) is 23.2 Å². The Labute approximate surface area is 181 Å². The smallest absolute Gasteiger partial charge is 0.0568 e. The molecule has 28 heavy (non-hydrogen) atoms. The summed E-state index contributed by atoms with van der Waals surface area (Å²) in [6, 6.07) is 20.5. The van der Waals surface area contributed by atoms with Gasteiger partial charge in [0.2, 0.25) is 0 Å². The Balaban J connectivity index is 1.48. The highest BCUT2D eigenvalue weighted by molar-refractivity contribution is 6.31. The first kappa shape index (κ1) is 21.7. The minimum absolute atomic E-state index is 0.0831. The fourth-order valence-electron chi connectivity index (χ4n) is 4.13. The molecule has 0 N–H and O–H groups in total. The Hall–Kier alpha value is -1.02. The summed E-state index contributed by atoms with van der Waals surface area (Å²) in [7, 11) is 0. The normalized spacial score (nSPS) is 22.8. The number of hydrogen-bond donors (Lipinski definition) is 0. The second-order valence-electron chi connectivity index (χ2n) is 8.20. The Morgan fingerprint density at radius 3 is 2.21 bits per heavy atom. The fraction of sp³-hybridized carbons (Fsp3) is 0.520. The van der Waals surface area contributed by atoms with Crippen LogP contribution in [0.1, 0.15) is 55.7 Å². The number of halogens is 2. The lowest BCUT2D eigenvalue weighted by Gasteiger charge is -2.37. The molecule has 1 aliphatic rings. The average Bonchev–Trinajstić information content (AvgIpc) is 2.74. The van der Waals surface area contributed by atoms with Gasteiger partial charge in [0.05, 0.1) is 10.8 Å². The van der Waals surface area contributed by atoms with Crippen LogP contribution in [0.25, 0.3) is 0 Å². The molecular formula is C25H33Cl2N. The second kappa shape index (κ2) is 10.7. The average molecular weight is 418 g/mol. The van der Waals surface area contributed by atoms with E-state index in [0.717, 1.165) is 25.8 Å². The molecule has 0 heterocycles. The zero-order chi connectivity index (χ0) is 19.9. The molecule has 0 spiro atoms. The largest absolute Gasteiger partial charge is 0.300 e. The predicted octanol–water partition coefficient (Wildman–Crippen LogP) is 6.66. The van der Waals surface area contributed by atoms with Crippen LogP contribution in [0.15, 0.2) is 54.6 Å². The van der Waals surface area contributed by atoms with Gasteiger partial charge in [-0.05, 0) is 62.3 Å². The first-order valence-electron chi connectivity index (χ1n) is 10.7. The van der Waals surface area contributed by atoms with Crippen LogP contribution in [-0.2, 0) is 12.8 Å². The summed E-state index contributed by atoms with van der Waals surface area (Å²) < 4.78 is 0. The van der Waals surface area contributed by atoms with E-state index in [0.29, 0.717) is 12.0 Å². The van der Waals surface area contributed by atoms with Gasteiger partial charge in [-0.2, -0.15) is 0 Å². The lowest BCUT2D eigenvalue weighted by Crippen LogP contribution is -2.36. The Kier molecular flexibility index (Phi) is 8.26. The van der Waals surface area contributed by atoms with Gasteiger partial charge >= 0.3 is 0 Å². The maximum atomic E-state index is 6.34. The molecule has 1 fully saturated rings. The van der Waals surface area contributed by atoms with Crippen molar-refractivity contribution in [3.63, 3.8) is 0 Å². The van der Waals surface area contributed by atoms with Crippen molar-refractivity contribution in [2.24, 2.45) is 0 Å². The van der Waals surface area contributed by atoms with E-state index >= 15 is 0 Å². The van der Waals surface area contributed by atoms with Crippen LogP contribution < -0.4 is 0 Å². The minimum Gasteiger partial charge on any atom is -0.300 e. The molecule has 4 atom stereocenters. The maximum Gasteiger partial charge on any atom is 0.0568 e. The molecule has 0 saturated heterocycles. The molecule has 2 aromatic carbocycles. The lowest BCUT2D eigenvalue weighted by molar-refractivity contribution is 0.202. The van der Waals surface area contributed by atoms with Crippen molar-refractivity contribution in [1.29, 1.82) is 0 Å². The van der Waals surface area contributed by atoms with Gasteiger partial charge in [-0.1, -0.05) is 61.5 Å². The summed E-state index contributed by atoms with van der Waals surface area (Å²) in [5.41, 5.74) is 4.19. The topological polar surface area (TPSA) is 3.24 Å². The summed E-state index contributed by atoms with van der Waals surface area (Å²) in [6.07, 6.45) is 5.65. The molecule has 0 bridgehead atoms. The van der Waals surface area contributed by atoms with E-state index in [1.807, 2.05) is 0 Å². The summed E-state index contributed by atoms with van der Waals surface area (Å²) in [6.45, 7) is 6.96. The van der Waals surface area contributed by atoms with Gasteiger partial charge in [0.15, 0.2) is 0 Å². The molecule has 1 aliphatic carbocycles. The van der Waals surface area contributed by atoms with Crippen molar-refractivity contribution < 1.29 is 0 Å². The Bertz CT molecular complexity index is 700. The monoisotopic (exact) mass is 417 g/mol. The van der Waals surface area contributed by atoms with Gasteiger partial charge in [0, 0.05) is 18.5 Å². The highest BCUT2D eigenvalue weighted by Crippen LogP contribution is 2.44. The summed E-state index contributed by atoms with van der Waals surface area (Å²) in [5, 5.41) is 0.215. The number of nitrogens with zero attached hydrogens (tertiary/aromatic N) is 1. The van der Waals surface area contributed by atoms with Crippen molar-refractivity contribution in [3.8, 4) is 0 Å². The van der Waals surface area contributed by atoms with Crippen LogP contribution in [-0.4, -0.2) is 34.8 Å². The molecule has 152 valence electrons. The van der Waals surface area contributed by atoms with E-state index in [1.54, 1.807) is 0 Å². The van der Waals surface area contributed by atoms with Gasteiger partial charge in [0.25, 0.3) is 0 Å². The van der Waals surface area contributed by atoms with Crippen molar-refractivity contribution >= 4 is 23.2 Å². The van der Waals surface area contributed by atoms with Crippen LogP contribution in [0.3, 0.4) is 0 Å². The number of alkyl halides is 2. The molecule has 0 aromatic heterocycles. The third-order valence-electron chi connectivity index (χ3n) is 6.13. The van der Waals surface area contributed by atoms with E-state index in [-0.39, 0.29) is 10.8 Å². The minimum atomic E-state index is 0.0831. The number of aryl methyl sites for hydroxylation is 1. The predicted molar refractivity (Wildman–Crippen MR) is 123 cm³/mol. The molecule has 3 heteroatoms. The van der Waals surface area contributed by atoms with Gasteiger partial charge in [-0.3, -0.25) is 0 Å². The van der Waals surface area contributed by atoms with E-state index in [2.05, 4.69) is 73.3 Å². The van der Waals surface area contributed by atoms with Gasteiger partial charge < -0.3 is 4.90 Å². The Morgan fingerprint density at radius 1 is 0.929 bits per heavy atom. The standard InChI is InChI=1S/C25H33Cl2N/c1-3-16-28(17-15-20-7-5-4-6-8-20)19(2)9-10-21-11-13-22(14-12-21)23-18-24(26)25(23)27/h4-8,11-14,19,23-25H,3,9-10,15-18H2,1-2H3. The summed E-state index contributed by atoms with van der Waals surface area (Å²) in [4.78, 5) is 2.65. The first-order valence-corrected chi connectivity index (χ1v) is 11.6. The van der Waals surface area contributed by atoms with Crippen LogP contribution in [0, 0.1) is 0 Å². The van der Waals surface area contributed by atoms with Crippen molar-refractivity contribution in [1.82, 2.24) is 4.90 Å². The van der Waals surface area contributed by atoms with E-state index in [9.17, 15) is 0 Å². The van der Waals surface area contributed by atoms with Gasteiger partial charge in [0.1, 0.15) is 0 Å². The molecule has 0 radical (unpaired) electrons.